The number of hydrogen-bond donors (Lipinski definition) is 0. The summed E-state index contributed by atoms with van der Waals surface area (Å²) in [6.45, 7) is 3.63. The maximum atomic E-state index is 14.2. The van der Waals surface area contributed by atoms with E-state index in [1.165, 1.54) is 0 Å². The minimum atomic E-state index is -4.06. The molecule has 0 amide bonds. The molecule has 7 heteroatoms. The standard InChI is InChI=1S/C22H22NO4PS/c1-17-13-15-21(16-14-17)29(25,26)23-18(2)22(19-9-5-3-6-10-19)27-28(23,24)20-11-7-4-8-12-20/h3-16,18,22H,1-2H3. The van der Waals surface area contributed by atoms with Gasteiger partial charge in [0, 0.05) is 0 Å². The Bertz CT molecular complexity index is 1150. The van der Waals surface area contributed by atoms with Crippen molar-refractivity contribution in [3.8, 4) is 0 Å². The number of rotatable bonds is 4. The van der Waals surface area contributed by atoms with Crippen molar-refractivity contribution in [1.29, 1.82) is 0 Å². The van der Waals surface area contributed by atoms with Crippen molar-refractivity contribution in [2.24, 2.45) is 0 Å². The predicted octanol–water partition coefficient (Wildman–Crippen LogP) is 4.66. The topological polar surface area (TPSA) is 63.7 Å². The highest BCUT2D eigenvalue weighted by Crippen LogP contribution is 2.64. The minimum Gasteiger partial charge on any atom is -0.304 e. The van der Waals surface area contributed by atoms with Gasteiger partial charge in [-0.25, -0.2) is 8.42 Å². The summed E-state index contributed by atoms with van der Waals surface area (Å²) < 4.78 is 48.5. The van der Waals surface area contributed by atoms with Crippen LogP contribution in [0.4, 0.5) is 0 Å². The summed E-state index contributed by atoms with van der Waals surface area (Å²) in [5, 5.41) is 0.362. The van der Waals surface area contributed by atoms with Gasteiger partial charge in [0.05, 0.1) is 16.2 Å². The molecule has 1 aliphatic rings. The summed E-state index contributed by atoms with van der Waals surface area (Å²) in [5.74, 6) is 0. The van der Waals surface area contributed by atoms with Crippen molar-refractivity contribution >= 4 is 22.8 Å². The molecule has 0 bridgehead atoms. The number of sulfonamides is 1. The predicted molar refractivity (Wildman–Crippen MR) is 114 cm³/mol. The molecule has 3 atom stereocenters. The zero-order valence-electron chi connectivity index (χ0n) is 16.2. The first-order valence-corrected chi connectivity index (χ1v) is 12.4. The first-order valence-electron chi connectivity index (χ1n) is 9.34. The van der Waals surface area contributed by atoms with Gasteiger partial charge in [0.25, 0.3) is 10.0 Å². The Morgan fingerprint density at radius 3 is 2.00 bits per heavy atom. The fourth-order valence-electron chi connectivity index (χ4n) is 3.60. The van der Waals surface area contributed by atoms with Gasteiger partial charge in [-0.3, -0.25) is 4.57 Å². The molecule has 0 radical (unpaired) electrons. The van der Waals surface area contributed by atoms with Crippen molar-refractivity contribution in [1.82, 2.24) is 4.08 Å². The van der Waals surface area contributed by atoms with E-state index in [-0.39, 0.29) is 4.90 Å². The second kappa shape index (κ2) is 7.54. The number of nitrogens with zero attached hydrogens (tertiary/aromatic N) is 1. The summed E-state index contributed by atoms with van der Waals surface area (Å²) in [5.41, 5.74) is 1.74. The molecule has 3 aromatic rings. The average Bonchev–Trinajstić information content (AvgIpc) is 3.02. The van der Waals surface area contributed by atoms with E-state index in [9.17, 15) is 13.0 Å². The largest absolute Gasteiger partial charge is 0.316 e. The lowest BCUT2D eigenvalue weighted by atomic mass is 10.0. The second-order valence-electron chi connectivity index (χ2n) is 7.12. The summed E-state index contributed by atoms with van der Waals surface area (Å²) in [6.07, 6.45) is -0.637. The molecular weight excluding hydrogens is 405 g/mol. The molecule has 3 aromatic carbocycles. The normalized spacial score (nSPS) is 25.2. The number of hydrogen-bond acceptors (Lipinski definition) is 4. The zero-order valence-corrected chi connectivity index (χ0v) is 17.9. The highest BCUT2D eigenvalue weighted by Gasteiger charge is 2.55. The molecule has 0 saturated carbocycles. The Hall–Kier alpha value is -2.24. The second-order valence-corrected chi connectivity index (χ2v) is 11.4. The smallest absolute Gasteiger partial charge is 0.304 e. The van der Waals surface area contributed by atoms with Crippen LogP contribution in [0.25, 0.3) is 0 Å². The Kier molecular flexibility index (Phi) is 5.21. The first kappa shape index (κ1) is 20.0. The summed E-state index contributed by atoms with van der Waals surface area (Å²) >= 11 is 0. The van der Waals surface area contributed by atoms with Crippen molar-refractivity contribution < 1.29 is 17.5 Å². The Morgan fingerprint density at radius 2 is 1.41 bits per heavy atom. The van der Waals surface area contributed by atoms with E-state index < -0.39 is 29.7 Å². The quantitative estimate of drug-likeness (QED) is 0.568. The first-order chi connectivity index (χ1) is 13.8. The monoisotopic (exact) mass is 427 g/mol. The fourth-order valence-corrected chi connectivity index (χ4v) is 8.85. The molecule has 1 aliphatic heterocycles. The molecule has 150 valence electrons. The van der Waals surface area contributed by atoms with Gasteiger partial charge in [-0.05, 0) is 43.7 Å². The molecule has 1 saturated heterocycles. The molecule has 0 N–H and O–H groups in total. The molecule has 0 aliphatic carbocycles. The van der Waals surface area contributed by atoms with Crippen molar-refractivity contribution in [2.75, 3.05) is 0 Å². The lowest BCUT2D eigenvalue weighted by Gasteiger charge is -2.25. The van der Waals surface area contributed by atoms with Crippen LogP contribution in [0.15, 0.2) is 89.8 Å². The van der Waals surface area contributed by atoms with Gasteiger partial charge in [0.1, 0.15) is 6.10 Å². The zero-order chi connectivity index (χ0) is 20.6. The van der Waals surface area contributed by atoms with Gasteiger partial charge in [-0.15, -0.1) is 4.08 Å². The van der Waals surface area contributed by atoms with Crippen LogP contribution >= 0.6 is 7.52 Å². The fraction of sp³-hybridized carbons (Fsp3) is 0.182. The third-order valence-electron chi connectivity index (χ3n) is 5.08. The van der Waals surface area contributed by atoms with Crippen LogP contribution in [-0.4, -0.2) is 18.5 Å². The summed E-state index contributed by atoms with van der Waals surface area (Å²) in [6, 6.07) is 23.8. The van der Waals surface area contributed by atoms with Gasteiger partial charge >= 0.3 is 7.52 Å². The number of aryl methyl sites for hydroxylation is 1. The molecule has 3 unspecified atom stereocenters. The van der Waals surface area contributed by atoms with Crippen LogP contribution in [0, 0.1) is 6.92 Å². The highest BCUT2D eigenvalue weighted by molar-refractivity contribution is 7.96. The van der Waals surface area contributed by atoms with Gasteiger partial charge in [0.2, 0.25) is 0 Å². The average molecular weight is 427 g/mol. The third kappa shape index (κ3) is 3.47. The molecule has 0 aromatic heterocycles. The Morgan fingerprint density at radius 1 is 0.862 bits per heavy atom. The van der Waals surface area contributed by atoms with E-state index in [0.29, 0.717) is 5.30 Å². The molecular formula is C22H22NO4PS. The lowest BCUT2D eigenvalue weighted by Crippen LogP contribution is -2.35. The van der Waals surface area contributed by atoms with Crippen LogP contribution in [0.1, 0.15) is 24.2 Å². The van der Waals surface area contributed by atoms with Crippen molar-refractivity contribution in [3.05, 3.63) is 96.1 Å². The van der Waals surface area contributed by atoms with Gasteiger partial charge in [-0.1, -0.05) is 66.2 Å². The molecule has 1 fully saturated rings. The summed E-state index contributed by atoms with van der Waals surface area (Å²) in [4.78, 5) is 0.100. The van der Waals surface area contributed by atoms with Crippen LogP contribution < -0.4 is 5.30 Å². The van der Waals surface area contributed by atoms with Crippen LogP contribution in [0.2, 0.25) is 0 Å². The van der Waals surface area contributed by atoms with Gasteiger partial charge < -0.3 is 4.52 Å². The van der Waals surface area contributed by atoms with Gasteiger partial charge in [0.15, 0.2) is 0 Å². The van der Waals surface area contributed by atoms with Crippen molar-refractivity contribution in [3.63, 3.8) is 0 Å². The van der Waals surface area contributed by atoms with E-state index in [1.54, 1.807) is 61.5 Å². The summed E-state index contributed by atoms with van der Waals surface area (Å²) in [7, 11) is -7.92. The van der Waals surface area contributed by atoms with E-state index in [0.717, 1.165) is 15.2 Å². The van der Waals surface area contributed by atoms with Crippen LogP contribution in [0.5, 0.6) is 0 Å². The van der Waals surface area contributed by atoms with Crippen molar-refractivity contribution in [2.45, 2.75) is 30.9 Å². The molecule has 4 rings (SSSR count). The molecule has 29 heavy (non-hydrogen) atoms. The maximum absolute atomic E-state index is 14.2. The highest BCUT2D eigenvalue weighted by atomic mass is 32.2. The molecule has 1 heterocycles. The third-order valence-corrected chi connectivity index (χ3v) is 10.4. The Balaban J connectivity index is 1.88. The molecule has 5 nitrogen and oxygen atoms in total. The SMILES string of the molecule is Cc1ccc(S(=O)(=O)N2C(C)C(c3ccccc3)OP2(=O)c2ccccc2)cc1. The number of benzene rings is 3. The van der Waals surface area contributed by atoms with E-state index in [1.807, 2.05) is 37.3 Å². The minimum absolute atomic E-state index is 0.100. The van der Waals surface area contributed by atoms with E-state index in [2.05, 4.69) is 0 Å². The van der Waals surface area contributed by atoms with Crippen LogP contribution in [-0.2, 0) is 19.1 Å². The lowest BCUT2D eigenvalue weighted by molar-refractivity contribution is 0.218. The molecule has 0 spiro atoms. The maximum Gasteiger partial charge on any atom is 0.316 e. The van der Waals surface area contributed by atoms with E-state index in [4.69, 9.17) is 4.52 Å². The Labute approximate surface area is 171 Å². The van der Waals surface area contributed by atoms with Gasteiger partial charge in [-0.2, -0.15) is 0 Å². The van der Waals surface area contributed by atoms with Crippen LogP contribution in [0.3, 0.4) is 0 Å². The van der Waals surface area contributed by atoms with E-state index >= 15 is 0 Å².